The van der Waals surface area contributed by atoms with E-state index < -0.39 is 17.6 Å². The van der Waals surface area contributed by atoms with E-state index in [1.165, 1.54) is 0 Å². The summed E-state index contributed by atoms with van der Waals surface area (Å²) in [6, 6.07) is 14.2. The molecule has 0 unspecified atom stereocenters. The second-order valence-electron chi connectivity index (χ2n) is 5.53. The van der Waals surface area contributed by atoms with Gasteiger partial charge in [0, 0.05) is 11.3 Å². The zero-order chi connectivity index (χ0) is 17.0. The molecule has 0 aliphatic rings. The summed E-state index contributed by atoms with van der Waals surface area (Å²) in [6.07, 6.45) is 0. The molecule has 0 spiro atoms. The number of carbonyl (C=O) groups excluding carboxylic acids is 2. The number of benzene rings is 2. The van der Waals surface area contributed by atoms with Gasteiger partial charge in [-0.25, -0.2) is 0 Å². The second-order valence-corrected chi connectivity index (χ2v) is 5.53. The van der Waals surface area contributed by atoms with Crippen LogP contribution in [0.2, 0.25) is 0 Å². The largest absolute Gasteiger partial charge is 0.324 e. The Morgan fingerprint density at radius 1 is 1.00 bits per heavy atom. The Bertz CT molecular complexity index is 803. The molecule has 4 heteroatoms. The van der Waals surface area contributed by atoms with Crippen molar-refractivity contribution in [1.82, 2.24) is 0 Å². The minimum Gasteiger partial charge on any atom is -0.324 e. The van der Waals surface area contributed by atoms with Crippen molar-refractivity contribution in [2.24, 2.45) is 5.92 Å². The van der Waals surface area contributed by atoms with Crippen molar-refractivity contribution in [3.05, 3.63) is 64.7 Å². The molecule has 0 fully saturated rings. The Morgan fingerprint density at radius 2 is 1.70 bits per heavy atom. The van der Waals surface area contributed by atoms with Gasteiger partial charge in [0.2, 0.25) is 5.91 Å². The zero-order valence-corrected chi connectivity index (χ0v) is 13.4. The summed E-state index contributed by atoms with van der Waals surface area (Å²) in [7, 11) is 0. The molecule has 0 aromatic heterocycles. The van der Waals surface area contributed by atoms with Crippen LogP contribution in [0.4, 0.5) is 5.69 Å². The monoisotopic (exact) mass is 306 g/mol. The summed E-state index contributed by atoms with van der Waals surface area (Å²) >= 11 is 0. The molecule has 4 nitrogen and oxygen atoms in total. The molecule has 0 bridgehead atoms. The molecule has 1 atom stereocenters. The first-order chi connectivity index (χ1) is 10.9. The molecule has 23 heavy (non-hydrogen) atoms. The van der Waals surface area contributed by atoms with Gasteiger partial charge in [-0.2, -0.15) is 5.26 Å². The number of nitrogens with one attached hydrogen (secondary N) is 1. The minimum atomic E-state index is -1.36. The maximum atomic E-state index is 12.5. The van der Waals surface area contributed by atoms with Gasteiger partial charge >= 0.3 is 0 Å². The maximum Gasteiger partial charge on any atom is 0.249 e. The van der Waals surface area contributed by atoms with Crippen LogP contribution >= 0.6 is 0 Å². The van der Waals surface area contributed by atoms with Gasteiger partial charge in [0.05, 0.1) is 6.07 Å². The number of hydrogen-bond donors (Lipinski definition) is 1. The van der Waals surface area contributed by atoms with Crippen LogP contribution in [0.5, 0.6) is 0 Å². The molecule has 0 saturated heterocycles. The Balaban J connectivity index is 2.23. The Hall–Kier alpha value is -2.93. The van der Waals surface area contributed by atoms with E-state index in [9.17, 15) is 14.9 Å². The number of aryl methyl sites for hydroxylation is 3. The number of para-hydroxylation sites is 1. The van der Waals surface area contributed by atoms with Crippen LogP contribution in [0.3, 0.4) is 0 Å². The van der Waals surface area contributed by atoms with Crippen LogP contribution in [-0.2, 0) is 4.79 Å². The number of hydrogen-bond acceptors (Lipinski definition) is 3. The fraction of sp³-hybridized carbons (Fsp3) is 0.211. The lowest BCUT2D eigenvalue weighted by Gasteiger charge is -2.12. The molecule has 0 radical (unpaired) electrons. The summed E-state index contributed by atoms with van der Waals surface area (Å²) in [6.45, 7) is 5.68. The van der Waals surface area contributed by atoms with Gasteiger partial charge in [-0.15, -0.1) is 0 Å². The highest BCUT2D eigenvalue weighted by atomic mass is 16.2. The standard InChI is InChI=1S/C19H18N2O2/c1-12-8-9-15(10-14(12)3)18(22)16(11-20)19(23)21-17-7-5-4-6-13(17)2/h4-10,16H,1-3H3,(H,21,23)/t16-/m0/s1. The first-order valence-electron chi connectivity index (χ1n) is 7.31. The van der Waals surface area contributed by atoms with Crippen molar-refractivity contribution >= 4 is 17.4 Å². The van der Waals surface area contributed by atoms with Crippen molar-refractivity contribution in [3.8, 4) is 6.07 Å². The van der Waals surface area contributed by atoms with Gasteiger partial charge in [-0.1, -0.05) is 30.3 Å². The molecule has 2 aromatic carbocycles. The molecule has 0 heterocycles. The Kier molecular flexibility index (Phi) is 4.92. The van der Waals surface area contributed by atoms with Crippen molar-refractivity contribution in [2.45, 2.75) is 20.8 Å². The van der Waals surface area contributed by atoms with E-state index in [1.54, 1.807) is 24.3 Å². The quantitative estimate of drug-likeness (QED) is 0.693. The van der Waals surface area contributed by atoms with E-state index in [-0.39, 0.29) is 0 Å². The summed E-state index contributed by atoms with van der Waals surface area (Å²) < 4.78 is 0. The highest BCUT2D eigenvalue weighted by molar-refractivity contribution is 6.15. The number of ketones is 1. The number of nitriles is 1. The van der Waals surface area contributed by atoms with E-state index in [2.05, 4.69) is 5.32 Å². The molecule has 0 aliphatic heterocycles. The van der Waals surface area contributed by atoms with Crippen LogP contribution < -0.4 is 5.32 Å². The fourth-order valence-corrected chi connectivity index (χ4v) is 2.22. The van der Waals surface area contributed by atoms with E-state index in [0.29, 0.717) is 11.3 Å². The third-order valence-corrected chi connectivity index (χ3v) is 3.85. The SMILES string of the molecule is Cc1ccc(C(=O)[C@H](C#N)C(=O)Nc2ccccc2C)cc1C. The second kappa shape index (κ2) is 6.89. The van der Waals surface area contributed by atoms with Gasteiger partial charge < -0.3 is 5.32 Å². The molecule has 2 aromatic rings. The third-order valence-electron chi connectivity index (χ3n) is 3.85. The fourth-order valence-electron chi connectivity index (χ4n) is 2.22. The average Bonchev–Trinajstić information content (AvgIpc) is 2.53. The maximum absolute atomic E-state index is 12.5. The molecule has 1 N–H and O–H groups in total. The molecule has 0 aliphatic carbocycles. The van der Waals surface area contributed by atoms with Crippen LogP contribution in [0, 0.1) is 38.0 Å². The molecule has 2 rings (SSSR count). The minimum absolute atomic E-state index is 0.375. The lowest BCUT2D eigenvalue weighted by molar-refractivity contribution is -0.117. The molecule has 116 valence electrons. The van der Waals surface area contributed by atoms with E-state index in [4.69, 9.17) is 0 Å². The molecule has 0 saturated carbocycles. The normalized spacial score (nSPS) is 11.4. The number of amides is 1. The van der Waals surface area contributed by atoms with Crippen molar-refractivity contribution in [2.75, 3.05) is 5.32 Å². The van der Waals surface area contributed by atoms with Crippen LogP contribution in [0.1, 0.15) is 27.0 Å². The summed E-state index contributed by atoms with van der Waals surface area (Å²) in [5.74, 6) is -2.46. The molecular formula is C19H18N2O2. The summed E-state index contributed by atoms with van der Waals surface area (Å²) in [4.78, 5) is 24.8. The van der Waals surface area contributed by atoms with E-state index in [0.717, 1.165) is 16.7 Å². The molecule has 1 amide bonds. The number of carbonyl (C=O) groups is 2. The van der Waals surface area contributed by atoms with Gasteiger partial charge in [0.1, 0.15) is 0 Å². The average molecular weight is 306 g/mol. The smallest absolute Gasteiger partial charge is 0.249 e. The summed E-state index contributed by atoms with van der Waals surface area (Å²) in [5, 5.41) is 11.9. The number of nitrogens with zero attached hydrogens (tertiary/aromatic N) is 1. The number of anilines is 1. The highest BCUT2D eigenvalue weighted by Gasteiger charge is 2.28. The van der Waals surface area contributed by atoms with E-state index in [1.807, 2.05) is 45.0 Å². The predicted octanol–water partition coefficient (Wildman–Crippen LogP) is 3.57. The van der Waals surface area contributed by atoms with Crippen molar-refractivity contribution in [1.29, 1.82) is 5.26 Å². The van der Waals surface area contributed by atoms with Crippen molar-refractivity contribution < 1.29 is 9.59 Å². The highest BCUT2D eigenvalue weighted by Crippen LogP contribution is 2.18. The van der Waals surface area contributed by atoms with Gasteiger partial charge in [0.15, 0.2) is 11.7 Å². The zero-order valence-electron chi connectivity index (χ0n) is 13.4. The van der Waals surface area contributed by atoms with Crippen LogP contribution in [-0.4, -0.2) is 11.7 Å². The lowest BCUT2D eigenvalue weighted by atomic mass is 9.95. The topological polar surface area (TPSA) is 70.0 Å². The van der Waals surface area contributed by atoms with Gasteiger partial charge in [0.25, 0.3) is 0 Å². The van der Waals surface area contributed by atoms with Gasteiger partial charge in [-0.05, 0) is 49.6 Å². The van der Waals surface area contributed by atoms with E-state index >= 15 is 0 Å². The van der Waals surface area contributed by atoms with Crippen LogP contribution in [0.15, 0.2) is 42.5 Å². The van der Waals surface area contributed by atoms with Gasteiger partial charge in [-0.3, -0.25) is 9.59 Å². The first-order valence-corrected chi connectivity index (χ1v) is 7.31. The number of rotatable bonds is 4. The number of Topliss-reactive ketones (excluding diaryl/α,β-unsaturated/α-hetero) is 1. The predicted molar refractivity (Wildman–Crippen MR) is 89.2 cm³/mol. The molecular weight excluding hydrogens is 288 g/mol. The Morgan fingerprint density at radius 3 is 2.30 bits per heavy atom. The van der Waals surface area contributed by atoms with Crippen molar-refractivity contribution in [3.63, 3.8) is 0 Å². The first kappa shape index (κ1) is 16.4. The third kappa shape index (κ3) is 3.64. The van der Waals surface area contributed by atoms with Crippen LogP contribution in [0.25, 0.3) is 0 Å². The summed E-state index contributed by atoms with van der Waals surface area (Å²) in [5.41, 5.74) is 3.85. The Labute approximate surface area is 135 Å². The lowest BCUT2D eigenvalue weighted by Crippen LogP contribution is -2.29.